The number of ether oxygens (including phenoxy) is 2. The highest BCUT2D eigenvalue weighted by atomic mass is 35.6. The monoisotopic (exact) mass is 230 g/mol. The van der Waals surface area contributed by atoms with Crippen LogP contribution in [0, 0.1) is 0 Å². The summed E-state index contributed by atoms with van der Waals surface area (Å²) in [5.74, 6) is -0.251. The Morgan fingerprint density at radius 3 is 2.58 bits per heavy atom. The van der Waals surface area contributed by atoms with Crippen molar-refractivity contribution >= 4 is 40.6 Å². The molecule has 1 aliphatic heterocycles. The number of hydrogen-bond acceptors (Lipinski definition) is 3. The quantitative estimate of drug-likeness (QED) is 0.510. The van der Waals surface area contributed by atoms with E-state index in [2.05, 4.69) is 0 Å². The molecule has 68 valence electrons. The van der Waals surface area contributed by atoms with Crippen molar-refractivity contribution in [2.24, 2.45) is 0 Å². The van der Waals surface area contributed by atoms with E-state index in [4.69, 9.17) is 44.3 Å². The maximum absolute atomic E-state index is 11.0. The summed E-state index contributed by atoms with van der Waals surface area (Å²) < 4.78 is 7.74. The molecule has 1 rings (SSSR count). The van der Waals surface area contributed by atoms with Gasteiger partial charge in [0.1, 0.15) is 12.4 Å². The summed E-state index contributed by atoms with van der Waals surface area (Å²) in [4.78, 5) is 11.0. The molecule has 0 aromatic carbocycles. The third kappa shape index (κ3) is 2.83. The van der Waals surface area contributed by atoms with Crippen molar-refractivity contribution in [3.63, 3.8) is 0 Å². The first-order valence-corrected chi connectivity index (χ1v) is 4.16. The number of carbonyl (C=O) groups excluding carboxylic acids is 1. The minimum absolute atomic E-state index is 0.138. The minimum Gasteiger partial charge on any atom is -0.469 e. The first kappa shape index (κ1) is 10.1. The lowest BCUT2D eigenvalue weighted by molar-refractivity contribution is -0.113. The highest BCUT2D eigenvalue weighted by Crippen LogP contribution is 2.28. The van der Waals surface area contributed by atoms with Crippen molar-refractivity contribution in [3.8, 4) is 0 Å². The second-order valence-corrected chi connectivity index (χ2v) is 4.36. The van der Waals surface area contributed by atoms with Gasteiger partial charge in [0.15, 0.2) is 6.79 Å². The van der Waals surface area contributed by atoms with E-state index in [0.717, 1.165) is 6.08 Å². The molecule has 1 heterocycles. The number of carbonyl (C=O) groups is 1. The number of rotatable bonds is 1. The minimum atomic E-state index is -1.92. The first-order valence-electron chi connectivity index (χ1n) is 3.02. The Labute approximate surface area is 84.2 Å². The Balaban J connectivity index is 2.60. The summed E-state index contributed by atoms with van der Waals surface area (Å²) in [6.45, 7) is 0.380. The summed E-state index contributed by atoms with van der Waals surface area (Å²) in [5.41, 5.74) is 0. The lowest BCUT2D eigenvalue weighted by atomic mass is 10.3. The summed E-state index contributed by atoms with van der Waals surface area (Å²) in [7, 11) is 0. The van der Waals surface area contributed by atoms with Gasteiger partial charge >= 0.3 is 0 Å². The second kappa shape index (κ2) is 3.83. The molecule has 0 amide bonds. The van der Waals surface area contributed by atoms with Crippen LogP contribution in [0.5, 0.6) is 0 Å². The molecule has 0 aliphatic carbocycles. The number of alkyl halides is 3. The van der Waals surface area contributed by atoms with Crippen molar-refractivity contribution in [2.45, 2.75) is 3.79 Å². The fourth-order valence-corrected chi connectivity index (χ4v) is 0.776. The molecule has 12 heavy (non-hydrogen) atoms. The summed E-state index contributed by atoms with van der Waals surface area (Å²) in [6, 6.07) is 0. The van der Waals surface area contributed by atoms with Crippen LogP contribution in [0.15, 0.2) is 11.8 Å². The topological polar surface area (TPSA) is 35.5 Å². The van der Waals surface area contributed by atoms with E-state index in [9.17, 15) is 4.79 Å². The fourth-order valence-electron chi connectivity index (χ4n) is 0.613. The van der Waals surface area contributed by atoms with Crippen LogP contribution in [0.1, 0.15) is 0 Å². The zero-order valence-electron chi connectivity index (χ0n) is 5.85. The van der Waals surface area contributed by atoms with E-state index in [1.807, 2.05) is 0 Å². The van der Waals surface area contributed by atoms with Crippen LogP contribution in [0.25, 0.3) is 0 Å². The smallest absolute Gasteiger partial charge is 0.252 e. The zero-order valence-corrected chi connectivity index (χ0v) is 8.12. The number of halogens is 3. The average molecular weight is 231 g/mol. The molecule has 0 spiro atoms. The van der Waals surface area contributed by atoms with Gasteiger partial charge in [-0.2, -0.15) is 0 Å². The van der Waals surface area contributed by atoms with Crippen molar-refractivity contribution in [2.75, 3.05) is 13.4 Å². The van der Waals surface area contributed by atoms with Crippen LogP contribution >= 0.6 is 34.8 Å². The molecular weight excluding hydrogens is 226 g/mol. The van der Waals surface area contributed by atoms with Gasteiger partial charge in [0, 0.05) is 6.08 Å². The Bertz CT molecular complexity index is 211. The van der Waals surface area contributed by atoms with Gasteiger partial charge in [-0.05, 0) is 0 Å². The molecule has 1 saturated heterocycles. The predicted molar refractivity (Wildman–Crippen MR) is 45.3 cm³/mol. The third-order valence-corrected chi connectivity index (χ3v) is 1.70. The fraction of sp³-hybridized carbons (Fsp3) is 0.500. The largest absolute Gasteiger partial charge is 0.469 e. The highest BCUT2D eigenvalue weighted by Gasteiger charge is 2.29. The van der Waals surface area contributed by atoms with E-state index in [1.165, 1.54) is 0 Å². The van der Waals surface area contributed by atoms with Gasteiger partial charge in [0.2, 0.25) is 5.78 Å². The van der Waals surface area contributed by atoms with Crippen molar-refractivity contribution in [3.05, 3.63) is 11.8 Å². The van der Waals surface area contributed by atoms with Crippen molar-refractivity contribution in [1.29, 1.82) is 0 Å². The van der Waals surface area contributed by atoms with Crippen LogP contribution in [0.4, 0.5) is 0 Å². The predicted octanol–water partition coefficient (Wildman–Crippen LogP) is 1.81. The van der Waals surface area contributed by atoms with Gasteiger partial charge in [-0.1, -0.05) is 34.8 Å². The maximum atomic E-state index is 11.0. The molecular formula is C6H5Cl3O3. The van der Waals surface area contributed by atoms with Gasteiger partial charge in [0.25, 0.3) is 3.79 Å². The zero-order chi connectivity index (χ0) is 9.19. The van der Waals surface area contributed by atoms with E-state index in [-0.39, 0.29) is 13.4 Å². The van der Waals surface area contributed by atoms with Crippen LogP contribution < -0.4 is 0 Å². The molecule has 0 aromatic rings. The number of hydrogen-bond donors (Lipinski definition) is 0. The third-order valence-electron chi connectivity index (χ3n) is 1.14. The molecule has 0 N–H and O–H groups in total. The molecule has 1 fully saturated rings. The first-order chi connectivity index (χ1) is 5.50. The van der Waals surface area contributed by atoms with Crippen LogP contribution in [0.3, 0.4) is 0 Å². The van der Waals surface area contributed by atoms with Crippen molar-refractivity contribution in [1.82, 2.24) is 0 Å². The Kier molecular flexibility index (Phi) is 3.23. The number of allylic oxidation sites excluding steroid dienone is 1. The van der Waals surface area contributed by atoms with Gasteiger partial charge in [-0.15, -0.1) is 0 Å². The molecule has 0 unspecified atom stereocenters. The molecule has 1 aliphatic rings. The molecule has 3 nitrogen and oxygen atoms in total. The lowest BCUT2D eigenvalue weighted by Gasteiger charge is -2.04. The van der Waals surface area contributed by atoms with Gasteiger partial charge in [-0.25, -0.2) is 0 Å². The van der Waals surface area contributed by atoms with Gasteiger partial charge < -0.3 is 9.47 Å². The van der Waals surface area contributed by atoms with E-state index < -0.39 is 9.58 Å². The Morgan fingerprint density at radius 2 is 2.17 bits per heavy atom. The Morgan fingerprint density at radius 1 is 1.50 bits per heavy atom. The van der Waals surface area contributed by atoms with Crippen LogP contribution in [0.2, 0.25) is 0 Å². The molecule has 0 atom stereocenters. The molecule has 0 bridgehead atoms. The summed E-state index contributed by atoms with van der Waals surface area (Å²) in [6.07, 6.45) is 1.12. The van der Waals surface area contributed by atoms with Crippen LogP contribution in [-0.2, 0) is 14.3 Å². The molecule has 0 saturated carbocycles. The molecule has 0 radical (unpaired) electrons. The van der Waals surface area contributed by atoms with Crippen molar-refractivity contribution < 1.29 is 14.3 Å². The second-order valence-electron chi connectivity index (χ2n) is 2.08. The molecule has 6 heteroatoms. The summed E-state index contributed by atoms with van der Waals surface area (Å²) >= 11 is 15.9. The van der Waals surface area contributed by atoms with Gasteiger partial charge in [-0.3, -0.25) is 4.79 Å². The maximum Gasteiger partial charge on any atom is 0.252 e. The standard InChI is InChI=1S/C6H5Cl3O3/c7-6(8,9)5(10)1-4-2-11-3-12-4/h1H,2-3H2/b4-1+. The number of ketones is 1. The van der Waals surface area contributed by atoms with Gasteiger partial charge in [0.05, 0.1) is 0 Å². The van der Waals surface area contributed by atoms with E-state index in [0.29, 0.717) is 5.76 Å². The lowest BCUT2D eigenvalue weighted by Crippen LogP contribution is -2.16. The van der Waals surface area contributed by atoms with E-state index >= 15 is 0 Å². The highest BCUT2D eigenvalue weighted by molar-refractivity contribution is 6.77. The Hall–Kier alpha value is 0.0400. The SMILES string of the molecule is O=C(/C=C1\COCO1)C(Cl)(Cl)Cl. The van der Waals surface area contributed by atoms with Crippen LogP contribution in [-0.4, -0.2) is 23.0 Å². The molecule has 0 aromatic heterocycles. The normalized spacial score (nSPS) is 21.1. The average Bonchev–Trinajstić information content (AvgIpc) is 2.37. The summed E-state index contributed by atoms with van der Waals surface area (Å²) in [5, 5.41) is 0. The van der Waals surface area contributed by atoms with E-state index in [1.54, 1.807) is 0 Å².